The first-order chi connectivity index (χ1) is 12.3. The van der Waals surface area contributed by atoms with Crippen molar-refractivity contribution in [3.05, 3.63) is 29.3 Å². The van der Waals surface area contributed by atoms with Crippen LogP contribution in [0.2, 0.25) is 0 Å². The van der Waals surface area contributed by atoms with E-state index < -0.39 is 11.7 Å². The van der Waals surface area contributed by atoms with E-state index in [9.17, 15) is 9.90 Å². The summed E-state index contributed by atoms with van der Waals surface area (Å²) in [5.74, 6) is 0. The smallest absolute Gasteiger partial charge is 0.410 e. The number of amides is 1. The number of hydrogen-bond acceptors (Lipinski definition) is 5. The Morgan fingerprint density at radius 1 is 1.42 bits per heavy atom. The number of thiazole rings is 1. The first-order valence-corrected chi connectivity index (χ1v) is 10.2. The highest BCUT2D eigenvalue weighted by Crippen LogP contribution is 2.34. The second kappa shape index (κ2) is 7.53. The van der Waals surface area contributed by atoms with Gasteiger partial charge in [-0.2, -0.15) is 0 Å². The summed E-state index contributed by atoms with van der Waals surface area (Å²) in [7, 11) is 0. The lowest BCUT2D eigenvalue weighted by atomic mass is 9.91. The van der Waals surface area contributed by atoms with E-state index in [1.165, 1.54) is 0 Å². The van der Waals surface area contributed by atoms with Crippen LogP contribution in [-0.2, 0) is 4.74 Å². The van der Waals surface area contributed by atoms with Gasteiger partial charge in [0.25, 0.3) is 0 Å². The third-order valence-electron chi connectivity index (χ3n) is 4.87. The summed E-state index contributed by atoms with van der Waals surface area (Å²) >= 11 is 1.54. The standard InChI is InChI=1S/C20H28N2O3S/c1-13-7-5-8-14(22(13)19(24)25-20(2,3)4)11-17(23)15-9-6-10-16-18(15)26-12-21-16/h6,9-10,12-14,17,23H,5,7-8,11H2,1-4H3. The zero-order valence-electron chi connectivity index (χ0n) is 15.9. The van der Waals surface area contributed by atoms with Gasteiger partial charge in [0.15, 0.2) is 0 Å². The fourth-order valence-electron chi connectivity index (χ4n) is 3.72. The molecule has 0 spiro atoms. The van der Waals surface area contributed by atoms with Crippen molar-refractivity contribution in [1.82, 2.24) is 9.88 Å². The van der Waals surface area contributed by atoms with Crippen LogP contribution in [0.5, 0.6) is 0 Å². The molecular weight excluding hydrogens is 348 g/mol. The van der Waals surface area contributed by atoms with Crippen molar-refractivity contribution in [2.24, 2.45) is 0 Å². The van der Waals surface area contributed by atoms with Crippen molar-refractivity contribution >= 4 is 27.6 Å². The van der Waals surface area contributed by atoms with E-state index in [4.69, 9.17) is 4.74 Å². The van der Waals surface area contributed by atoms with E-state index in [0.29, 0.717) is 6.42 Å². The Kier molecular flexibility index (Phi) is 5.53. The van der Waals surface area contributed by atoms with Crippen LogP contribution in [0.3, 0.4) is 0 Å². The largest absolute Gasteiger partial charge is 0.444 e. The number of carbonyl (C=O) groups is 1. The van der Waals surface area contributed by atoms with Crippen LogP contribution in [0.4, 0.5) is 4.79 Å². The number of aliphatic hydroxyl groups is 1. The van der Waals surface area contributed by atoms with E-state index in [1.54, 1.807) is 16.8 Å². The minimum Gasteiger partial charge on any atom is -0.444 e. The monoisotopic (exact) mass is 376 g/mol. The number of ether oxygens (including phenoxy) is 1. The van der Waals surface area contributed by atoms with Crippen molar-refractivity contribution in [3.63, 3.8) is 0 Å². The zero-order valence-corrected chi connectivity index (χ0v) is 16.8. The van der Waals surface area contributed by atoms with Gasteiger partial charge in [0.05, 0.1) is 21.8 Å². The molecule has 1 fully saturated rings. The Bertz CT molecular complexity index is 768. The lowest BCUT2D eigenvalue weighted by molar-refractivity contribution is -0.0111. The van der Waals surface area contributed by atoms with Gasteiger partial charge in [-0.25, -0.2) is 9.78 Å². The predicted octanol–water partition coefficient (Wildman–Crippen LogP) is 4.90. The maximum absolute atomic E-state index is 12.7. The number of piperidine rings is 1. The summed E-state index contributed by atoms with van der Waals surface area (Å²) in [5.41, 5.74) is 3.09. The van der Waals surface area contributed by atoms with Gasteiger partial charge in [-0.3, -0.25) is 0 Å². The van der Waals surface area contributed by atoms with Crippen molar-refractivity contribution in [2.75, 3.05) is 0 Å². The third-order valence-corrected chi connectivity index (χ3v) is 5.76. The minimum absolute atomic E-state index is 0.0215. The number of carbonyl (C=O) groups excluding carboxylic acids is 1. The molecule has 142 valence electrons. The van der Waals surface area contributed by atoms with E-state index in [2.05, 4.69) is 11.9 Å². The quantitative estimate of drug-likeness (QED) is 0.828. The van der Waals surface area contributed by atoms with Crippen LogP contribution in [0, 0.1) is 0 Å². The van der Waals surface area contributed by atoms with Gasteiger partial charge in [-0.05, 0) is 59.4 Å². The molecule has 1 N–H and O–H groups in total. The van der Waals surface area contributed by atoms with Crippen molar-refractivity contribution < 1.29 is 14.6 Å². The van der Waals surface area contributed by atoms with Gasteiger partial charge in [0.1, 0.15) is 5.60 Å². The highest BCUT2D eigenvalue weighted by Gasteiger charge is 2.36. The molecule has 6 heteroatoms. The average Bonchev–Trinajstić information content (AvgIpc) is 3.01. The Hall–Kier alpha value is -1.66. The molecule has 1 amide bonds. The van der Waals surface area contributed by atoms with Crippen LogP contribution in [0.1, 0.15) is 65.0 Å². The lowest BCUT2D eigenvalue weighted by Crippen LogP contribution is -2.51. The molecule has 1 saturated heterocycles. The third kappa shape index (κ3) is 4.18. The second-order valence-electron chi connectivity index (χ2n) is 8.12. The SMILES string of the molecule is CC1CCCC(CC(O)c2cccc3ncsc23)N1C(=O)OC(C)(C)C. The number of likely N-dealkylation sites (tertiary alicyclic amines) is 1. The zero-order chi connectivity index (χ0) is 18.9. The molecule has 1 aliphatic heterocycles. The summed E-state index contributed by atoms with van der Waals surface area (Å²) in [6.07, 6.45) is 2.52. The Morgan fingerprint density at radius 3 is 2.92 bits per heavy atom. The summed E-state index contributed by atoms with van der Waals surface area (Å²) in [5, 5.41) is 10.9. The Morgan fingerprint density at radius 2 is 2.19 bits per heavy atom. The van der Waals surface area contributed by atoms with Gasteiger partial charge in [-0.15, -0.1) is 11.3 Å². The topological polar surface area (TPSA) is 62.7 Å². The Balaban J connectivity index is 1.79. The number of aromatic nitrogens is 1. The summed E-state index contributed by atoms with van der Waals surface area (Å²) in [4.78, 5) is 18.9. The van der Waals surface area contributed by atoms with E-state index in [-0.39, 0.29) is 18.2 Å². The maximum Gasteiger partial charge on any atom is 0.410 e. The van der Waals surface area contributed by atoms with Crippen LogP contribution in [0.15, 0.2) is 23.7 Å². The highest BCUT2D eigenvalue weighted by atomic mass is 32.1. The molecule has 3 rings (SSSR count). The van der Waals surface area contributed by atoms with Crippen LogP contribution >= 0.6 is 11.3 Å². The number of aliphatic hydroxyl groups excluding tert-OH is 1. The van der Waals surface area contributed by atoms with Gasteiger partial charge < -0.3 is 14.7 Å². The predicted molar refractivity (Wildman–Crippen MR) is 104 cm³/mol. The molecule has 3 atom stereocenters. The minimum atomic E-state index is -0.626. The first-order valence-electron chi connectivity index (χ1n) is 9.28. The normalized spacial score (nSPS) is 22.4. The summed E-state index contributed by atoms with van der Waals surface area (Å²) in [6, 6.07) is 5.93. The lowest BCUT2D eigenvalue weighted by Gasteiger charge is -2.42. The van der Waals surface area contributed by atoms with E-state index >= 15 is 0 Å². The highest BCUT2D eigenvalue weighted by molar-refractivity contribution is 7.16. The fourth-order valence-corrected chi connectivity index (χ4v) is 4.57. The number of benzene rings is 1. The summed E-state index contributed by atoms with van der Waals surface area (Å²) in [6.45, 7) is 7.71. The van der Waals surface area contributed by atoms with Gasteiger partial charge in [0.2, 0.25) is 0 Å². The van der Waals surface area contributed by atoms with Gasteiger partial charge in [-0.1, -0.05) is 12.1 Å². The second-order valence-corrected chi connectivity index (χ2v) is 8.98. The maximum atomic E-state index is 12.7. The molecule has 5 nitrogen and oxygen atoms in total. The van der Waals surface area contributed by atoms with Crippen LogP contribution in [-0.4, -0.2) is 38.8 Å². The molecule has 3 unspecified atom stereocenters. The molecule has 26 heavy (non-hydrogen) atoms. The molecular formula is C20H28N2O3S. The fraction of sp³-hybridized carbons (Fsp3) is 0.600. The van der Waals surface area contributed by atoms with Crippen molar-refractivity contribution in [2.45, 2.75) is 77.2 Å². The van der Waals surface area contributed by atoms with Gasteiger partial charge in [0, 0.05) is 17.6 Å². The Labute approximate surface area is 159 Å². The average molecular weight is 377 g/mol. The molecule has 1 aliphatic rings. The summed E-state index contributed by atoms with van der Waals surface area (Å²) < 4.78 is 6.64. The molecule has 0 aliphatic carbocycles. The first kappa shape index (κ1) is 19.1. The molecule has 2 aromatic rings. The van der Waals surface area contributed by atoms with E-state index in [1.807, 2.05) is 43.9 Å². The number of rotatable bonds is 3. The van der Waals surface area contributed by atoms with Crippen LogP contribution in [0.25, 0.3) is 10.2 Å². The molecule has 0 saturated carbocycles. The number of hydrogen-bond donors (Lipinski definition) is 1. The van der Waals surface area contributed by atoms with Crippen molar-refractivity contribution in [3.8, 4) is 0 Å². The molecule has 0 bridgehead atoms. The number of fused-ring (bicyclic) bond motifs is 1. The van der Waals surface area contributed by atoms with E-state index in [0.717, 1.165) is 35.0 Å². The molecule has 2 heterocycles. The molecule has 1 aromatic heterocycles. The molecule has 0 radical (unpaired) electrons. The van der Waals surface area contributed by atoms with Gasteiger partial charge >= 0.3 is 6.09 Å². The van der Waals surface area contributed by atoms with Crippen molar-refractivity contribution in [1.29, 1.82) is 0 Å². The van der Waals surface area contributed by atoms with Crippen LogP contribution < -0.4 is 0 Å². The molecule has 1 aromatic carbocycles. The number of nitrogens with zero attached hydrogens (tertiary/aromatic N) is 2.